The van der Waals surface area contributed by atoms with Crippen LogP contribution >= 0.6 is 11.6 Å². The second kappa shape index (κ2) is 5.92. The summed E-state index contributed by atoms with van der Waals surface area (Å²) in [5, 5.41) is 0. The molecule has 1 nitrogen and oxygen atoms in total. The van der Waals surface area contributed by atoms with E-state index < -0.39 is 0 Å². The van der Waals surface area contributed by atoms with E-state index >= 15 is 0 Å². The Labute approximate surface area is 97.2 Å². The van der Waals surface area contributed by atoms with Gasteiger partial charge < -0.3 is 0 Å². The molecule has 0 saturated heterocycles. The lowest BCUT2D eigenvalue weighted by atomic mass is 9.92. The number of hydrogen-bond donors (Lipinski definition) is 0. The van der Waals surface area contributed by atoms with Crippen molar-refractivity contribution in [3.8, 4) is 0 Å². The van der Waals surface area contributed by atoms with E-state index in [0.29, 0.717) is 5.88 Å². The highest BCUT2D eigenvalue weighted by molar-refractivity contribution is 6.19. The molecule has 0 aromatic heterocycles. The molecule has 0 N–H and O–H groups in total. The molecule has 0 spiro atoms. The van der Waals surface area contributed by atoms with Crippen LogP contribution in [0.15, 0.2) is 35.3 Å². The van der Waals surface area contributed by atoms with Gasteiger partial charge >= 0.3 is 0 Å². The Morgan fingerprint density at radius 3 is 2.53 bits per heavy atom. The van der Waals surface area contributed by atoms with E-state index in [0.717, 1.165) is 13.0 Å². The zero-order valence-corrected chi connectivity index (χ0v) is 10.2. The predicted octanol–water partition coefficient (Wildman–Crippen LogP) is 3.91. The van der Waals surface area contributed by atoms with Crippen LogP contribution in [0.4, 0.5) is 0 Å². The van der Waals surface area contributed by atoms with Gasteiger partial charge in [-0.15, -0.1) is 11.6 Å². The van der Waals surface area contributed by atoms with Crippen LogP contribution in [0.25, 0.3) is 0 Å². The fourth-order valence-corrected chi connectivity index (χ4v) is 1.43. The molecule has 2 heteroatoms. The van der Waals surface area contributed by atoms with Gasteiger partial charge in [-0.2, -0.15) is 0 Å². The largest absolute Gasteiger partial charge is 0.292 e. The Bertz CT molecular complexity index is 302. The predicted molar refractivity (Wildman–Crippen MR) is 67.8 cm³/mol. The van der Waals surface area contributed by atoms with E-state index in [1.54, 1.807) is 0 Å². The molecule has 0 fully saturated rings. The molecule has 1 atom stereocenters. The molecule has 0 radical (unpaired) electrons. The number of halogens is 1. The Hall–Kier alpha value is -0.820. The van der Waals surface area contributed by atoms with Crippen molar-refractivity contribution in [3.05, 3.63) is 35.9 Å². The lowest BCUT2D eigenvalue weighted by Crippen LogP contribution is -2.18. The molecule has 82 valence electrons. The molecule has 1 aromatic rings. The van der Waals surface area contributed by atoms with Crippen LogP contribution in [-0.4, -0.2) is 12.1 Å². The third-order valence-corrected chi connectivity index (χ3v) is 3.24. The van der Waals surface area contributed by atoms with Gasteiger partial charge in [-0.1, -0.05) is 44.2 Å². The number of alkyl halides is 1. The summed E-state index contributed by atoms with van der Waals surface area (Å²) in [5.41, 5.74) is 1.28. The van der Waals surface area contributed by atoms with Crippen LogP contribution in [0.3, 0.4) is 0 Å². The van der Waals surface area contributed by atoms with Crippen LogP contribution in [0.1, 0.15) is 25.8 Å². The first kappa shape index (κ1) is 12.3. The third-order valence-electron chi connectivity index (χ3n) is 2.63. The lowest BCUT2D eigenvalue weighted by molar-refractivity contribution is 0.521. The molecule has 15 heavy (non-hydrogen) atoms. The van der Waals surface area contributed by atoms with Crippen LogP contribution in [0.5, 0.6) is 0 Å². The van der Waals surface area contributed by atoms with Gasteiger partial charge in [0.15, 0.2) is 0 Å². The van der Waals surface area contributed by atoms with E-state index in [2.05, 4.69) is 31.0 Å². The van der Waals surface area contributed by atoms with Crippen LogP contribution in [0, 0.1) is 5.41 Å². The number of nitrogens with zero attached hydrogens (tertiary/aromatic N) is 1. The van der Waals surface area contributed by atoms with Crippen LogP contribution in [0.2, 0.25) is 0 Å². The zero-order valence-electron chi connectivity index (χ0n) is 9.41. The first-order valence-electron chi connectivity index (χ1n) is 5.31. The fourth-order valence-electron chi connectivity index (χ4n) is 1.18. The average molecular weight is 224 g/mol. The van der Waals surface area contributed by atoms with Gasteiger partial charge in [0.25, 0.3) is 0 Å². The molecule has 1 rings (SSSR count). The highest BCUT2D eigenvalue weighted by Crippen LogP contribution is 2.20. The van der Waals surface area contributed by atoms with E-state index in [9.17, 15) is 0 Å². The molecule has 0 saturated carbocycles. The zero-order chi connectivity index (χ0) is 11.1. The summed E-state index contributed by atoms with van der Waals surface area (Å²) < 4.78 is 0. The lowest BCUT2D eigenvalue weighted by Gasteiger charge is -2.19. The maximum Gasteiger partial charge on any atom is 0.0636 e. The smallest absolute Gasteiger partial charge is 0.0636 e. The van der Waals surface area contributed by atoms with E-state index in [1.165, 1.54) is 5.56 Å². The Kier molecular flexibility index (Phi) is 4.83. The van der Waals surface area contributed by atoms with Gasteiger partial charge in [-0.3, -0.25) is 4.99 Å². The van der Waals surface area contributed by atoms with Crippen molar-refractivity contribution in [1.82, 2.24) is 0 Å². The van der Waals surface area contributed by atoms with Crippen LogP contribution < -0.4 is 0 Å². The summed E-state index contributed by atoms with van der Waals surface area (Å²) in [6, 6.07) is 10.3. The number of hydrogen-bond acceptors (Lipinski definition) is 1. The summed E-state index contributed by atoms with van der Waals surface area (Å²) in [7, 11) is 0. The Balaban J connectivity index is 2.53. The number of rotatable bonds is 5. The monoisotopic (exact) mass is 223 g/mol. The highest BCUT2D eigenvalue weighted by atomic mass is 35.5. The quantitative estimate of drug-likeness (QED) is 0.530. The molecule has 0 aliphatic carbocycles. The van der Waals surface area contributed by atoms with Gasteiger partial charge in [-0.25, -0.2) is 0 Å². The van der Waals surface area contributed by atoms with Gasteiger partial charge in [0, 0.05) is 17.5 Å². The van der Waals surface area contributed by atoms with Crippen molar-refractivity contribution in [1.29, 1.82) is 0 Å². The molecule has 1 unspecified atom stereocenters. The van der Waals surface area contributed by atoms with Gasteiger partial charge in [0.1, 0.15) is 0 Å². The van der Waals surface area contributed by atoms with Crippen LogP contribution in [-0.2, 0) is 6.54 Å². The fraction of sp³-hybridized carbons (Fsp3) is 0.462. The maximum atomic E-state index is 5.90. The normalized spacial score (nSPS) is 15.4. The molecule has 0 bridgehead atoms. The van der Waals surface area contributed by atoms with Gasteiger partial charge in [-0.05, 0) is 12.0 Å². The number of aliphatic imine (C=N–C) groups is 1. The molecule has 0 amide bonds. The maximum absolute atomic E-state index is 5.90. The molecule has 0 aliphatic rings. The highest BCUT2D eigenvalue weighted by Gasteiger charge is 2.17. The SMILES string of the molecule is CCC(C)(C=NCc1ccccc1)CCl. The average Bonchev–Trinajstić information content (AvgIpc) is 2.30. The van der Waals surface area contributed by atoms with Crippen molar-refractivity contribution in [2.75, 3.05) is 5.88 Å². The first-order chi connectivity index (χ1) is 7.20. The Morgan fingerprint density at radius 2 is 2.00 bits per heavy atom. The topological polar surface area (TPSA) is 12.4 Å². The molecule has 0 aliphatic heterocycles. The molecular formula is C13H18ClN. The Morgan fingerprint density at radius 1 is 1.33 bits per heavy atom. The minimum Gasteiger partial charge on any atom is -0.292 e. The molecule has 1 aromatic carbocycles. The summed E-state index contributed by atoms with van der Waals surface area (Å²) >= 11 is 5.90. The van der Waals surface area contributed by atoms with E-state index in [4.69, 9.17) is 11.6 Å². The summed E-state index contributed by atoms with van der Waals surface area (Å²) in [4.78, 5) is 4.45. The van der Waals surface area contributed by atoms with Gasteiger partial charge in [0.2, 0.25) is 0 Å². The minimum atomic E-state index is 0.0380. The van der Waals surface area contributed by atoms with Gasteiger partial charge in [0.05, 0.1) is 6.54 Å². The van der Waals surface area contributed by atoms with Crippen molar-refractivity contribution in [3.63, 3.8) is 0 Å². The summed E-state index contributed by atoms with van der Waals surface area (Å²) in [6.07, 6.45) is 3.02. The third kappa shape index (κ3) is 4.05. The second-order valence-corrected chi connectivity index (χ2v) is 4.36. The van der Waals surface area contributed by atoms with Crippen molar-refractivity contribution in [2.24, 2.45) is 10.4 Å². The summed E-state index contributed by atoms with van der Waals surface area (Å²) in [5.74, 6) is 0.627. The van der Waals surface area contributed by atoms with Crippen molar-refractivity contribution >= 4 is 17.8 Å². The van der Waals surface area contributed by atoms with E-state index in [-0.39, 0.29) is 5.41 Å². The number of benzene rings is 1. The standard InChI is InChI=1S/C13H18ClN/c1-3-13(2,10-14)11-15-9-12-7-5-4-6-8-12/h4-8,11H,3,9-10H2,1-2H3. The second-order valence-electron chi connectivity index (χ2n) is 4.10. The molecule has 0 heterocycles. The molecular weight excluding hydrogens is 206 g/mol. The summed E-state index contributed by atoms with van der Waals surface area (Å²) in [6.45, 7) is 5.01. The van der Waals surface area contributed by atoms with Crippen molar-refractivity contribution in [2.45, 2.75) is 26.8 Å². The first-order valence-corrected chi connectivity index (χ1v) is 5.84. The van der Waals surface area contributed by atoms with E-state index in [1.807, 2.05) is 24.4 Å². The minimum absolute atomic E-state index is 0.0380. The van der Waals surface area contributed by atoms with Crippen molar-refractivity contribution < 1.29 is 0 Å².